The molecule has 134 valence electrons. The number of carbonyl (C=O) groups excluding carboxylic acids is 1. The zero-order valence-electron chi connectivity index (χ0n) is 14.5. The third kappa shape index (κ3) is 4.75. The summed E-state index contributed by atoms with van der Waals surface area (Å²) in [6.07, 6.45) is 8.80. The van der Waals surface area contributed by atoms with Crippen molar-refractivity contribution in [1.82, 2.24) is 20.1 Å². The summed E-state index contributed by atoms with van der Waals surface area (Å²) < 4.78 is 7.25. The molecule has 1 fully saturated rings. The number of rotatable bonds is 6. The fraction of sp³-hybridized carbons (Fsp3) is 0.500. The normalized spacial score (nSPS) is 15.6. The topological polar surface area (TPSA) is 69.0 Å². The number of para-hydroxylation sites is 2. The maximum atomic E-state index is 12.3. The highest BCUT2D eigenvalue weighted by Crippen LogP contribution is 2.26. The Hall–Kier alpha value is -2.02. The van der Waals surface area contributed by atoms with Crippen molar-refractivity contribution in [3.63, 3.8) is 0 Å². The zero-order chi connectivity index (χ0) is 17.5. The van der Waals surface area contributed by atoms with Crippen LogP contribution in [-0.4, -0.2) is 39.6 Å². The van der Waals surface area contributed by atoms with Crippen LogP contribution in [0.15, 0.2) is 35.7 Å². The lowest BCUT2D eigenvalue weighted by atomic mass is 10.1. The second kappa shape index (κ2) is 8.89. The maximum Gasteiger partial charge on any atom is 0.230 e. The molecule has 7 heteroatoms. The van der Waals surface area contributed by atoms with E-state index in [9.17, 15) is 4.79 Å². The van der Waals surface area contributed by atoms with Gasteiger partial charge in [-0.15, -0.1) is 10.2 Å². The van der Waals surface area contributed by atoms with Crippen molar-refractivity contribution in [2.45, 2.75) is 49.7 Å². The molecule has 0 saturated heterocycles. The Morgan fingerprint density at radius 3 is 2.80 bits per heavy atom. The van der Waals surface area contributed by atoms with Crippen molar-refractivity contribution < 1.29 is 9.53 Å². The number of hydrogen-bond acceptors (Lipinski definition) is 5. The molecule has 1 aromatic heterocycles. The van der Waals surface area contributed by atoms with Crippen LogP contribution in [0, 0.1) is 0 Å². The van der Waals surface area contributed by atoms with Crippen LogP contribution in [0.1, 0.15) is 38.5 Å². The first-order chi connectivity index (χ1) is 12.3. The third-order valence-corrected chi connectivity index (χ3v) is 5.36. The third-order valence-electron chi connectivity index (χ3n) is 4.41. The van der Waals surface area contributed by atoms with Crippen molar-refractivity contribution in [2.75, 3.05) is 12.9 Å². The van der Waals surface area contributed by atoms with Crippen LogP contribution < -0.4 is 10.1 Å². The van der Waals surface area contributed by atoms with Gasteiger partial charge in [0.2, 0.25) is 5.91 Å². The van der Waals surface area contributed by atoms with Crippen molar-refractivity contribution in [1.29, 1.82) is 0 Å². The van der Waals surface area contributed by atoms with Crippen LogP contribution >= 0.6 is 11.8 Å². The average Bonchev–Trinajstić information content (AvgIpc) is 2.96. The zero-order valence-corrected chi connectivity index (χ0v) is 15.3. The predicted octanol–water partition coefficient (Wildman–Crippen LogP) is 3.21. The molecule has 3 rings (SSSR count). The van der Waals surface area contributed by atoms with Gasteiger partial charge in [0.05, 0.1) is 18.6 Å². The molecule has 1 aliphatic carbocycles. The summed E-state index contributed by atoms with van der Waals surface area (Å²) in [6, 6.07) is 8.01. The van der Waals surface area contributed by atoms with E-state index in [-0.39, 0.29) is 5.91 Å². The summed E-state index contributed by atoms with van der Waals surface area (Å²) in [5.41, 5.74) is 0.863. The van der Waals surface area contributed by atoms with E-state index in [0.29, 0.717) is 17.0 Å². The lowest BCUT2D eigenvalue weighted by Gasteiger charge is -2.16. The number of thioether (sulfide) groups is 1. The molecule has 1 heterocycles. The lowest BCUT2D eigenvalue weighted by molar-refractivity contribution is -0.119. The standard InChI is InChI=1S/C18H24N4O2S/c1-24-16-11-7-6-10-15(16)22-13-19-21-18(22)25-12-17(23)20-14-8-4-2-3-5-9-14/h6-7,10-11,13-14H,2-5,8-9,12H2,1H3,(H,20,23). The minimum absolute atomic E-state index is 0.0616. The van der Waals surface area contributed by atoms with Crippen molar-refractivity contribution in [2.24, 2.45) is 0 Å². The molecule has 25 heavy (non-hydrogen) atoms. The molecule has 6 nitrogen and oxygen atoms in total. The van der Waals surface area contributed by atoms with Gasteiger partial charge in [-0.05, 0) is 25.0 Å². The van der Waals surface area contributed by atoms with Gasteiger partial charge in [-0.25, -0.2) is 0 Å². The number of nitrogens with zero attached hydrogens (tertiary/aromatic N) is 3. The number of benzene rings is 1. The molecule has 0 bridgehead atoms. The van der Waals surface area contributed by atoms with E-state index in [2.05, 4.69) is 15.5 Å². The van der Waals surface area contributed by atoms with Gasteiger partial charge in [0.15, 0.2) is 5.16 Å². The molecule has 0 atom stereocenters. The number of methoxy groups -OCH3 is 1. The Balaban J connectivity index is 1.60. The second-order valence-corrected chi connectivity index (χ2v) is 7.14. The fourth-order valence-corrected chi connectivity index (χ4v) is 3.87. The van der Waals surface area contributed by atoms with E-state index in [1.807, 2.05) is 28.8 Å². The van der Waals surface area contributed by atoms with Gasteiger partial charge in [0.1, 0.15) is 12.1 Å². The minimum Gasteiger partial charge on any atom is -0.495 e. The lowest BCUT2D eigenvalue weighted by Crippen LogP contribution is -2.35. The van der Waals surface area contributed by atoms with E-state index in [1.165, 1.54) is 37.4 Å². The van der Waals surface area contributed by atoms with Gasteiger partial charge in [0, 0.05) is 6.04 Å². The van der Waals surface area contributed by atoms with Gasteiger partial charge in [-0.1, -0.05) is 49.6 Å². The number of nitrogens with one attached hydrogen (secondary N) is 1. The van der Waals surface area contributed by atoms with E-state index in [1.54, 1.807) is 13.4 Å². The Morgan fingerprint density at radius 2 is 2.04 bits per heavy atom. The average molecular weight is 360 g/mol. The fourth-order valence-electron chi connectivity index (χ4n) is 3.14. The van der Waals surface area contributed by atoms with Crippen LogP contribution in [0.25, 0.3) is 5.69 Å². The summed E-state index contributed by atoms with van der Waals surface area (Å²) in [4.78, 5) is 12.3. The highest BCUT2D eigenvalue weighted by molar-refractivity contribution is 7.99. The summed E-state index contributed by atoms with van der Waals surface area (Å²) in [5, 5.41) is 12.0. The number of carbonyl (C=O) groups is 1. The van der Waals surface area contributed by atoms with Gasteiger partial charge in [0.25, 0.3) is 0 Å². The predicted molar refractivity (Wildman–Crippen MR) is 98.3 cm³/mol. The van der Waals surface area contributed by atoms with Gasteiger partial charge in [-0.2, -0.15) is 0 Å². The largest absolute Gasteiger partial charge is 0.495 e. The van der Waals surface area contributed by atoms with Crippen molar-refractivity contribution >= 4 is 17.7 Å². The number of aromatic nitrogens is 3. The SMILES string of the molecule is COc1ccccc1-n1cnnc1SCC(=O)NC1CCCCCC1. The second-order valence-electron chi connectivity index (χ2n) is 6.20. The Bertz CT molecular complexity index is 696. The molecule has 0 spiro atoms. The molecule has 1 aliphatic rings. The molecule has 1 saturated carbocycles. The Kier molecular flexibility index (Phi) is 6.33. The van der Waals surface area contributed by atoms with Crippen LogP contribution in [0.2, 0.25) is 0 Å². The van der Waals surface area contributed by atoms with Gasteiger partial charge >= 0.3 is 0 Å². The van der Waals surface area contributed by atoms with Gasteiger partial charge < -0.3 is 10.1 Å². The molecule has 0 radical (unpaired) electrons. The summed E-state index contributed by atoms with van der Waals surface area (Å²) in [5.74, 6) is 1.14. The summed E-state index contributed by atoms with van der Waals surface area (Å²) in [7, 11) is 1.64. The quantitative estimate of drug-likeness (QED) is 0.633. The van der Waals surface area contributed by atoms with E-state index >= 15 is 0 Å². The van der Waals surface area contributed by atoms with E-state index in [0.717, 1.165) is 24.3 Å². The Morgan fingerprint density at radius 1 is 1.28 bits per heavy atom. The minimum atomic E-state index is 0.0616. The highest BCUT2D eigenvalue weighted by atomic mass is 32.2. The van der Waals surface area contributed by atoms with Gasteiger partial charge in [-0.3, -0.25) is 9.36 Å². The summed E-state index contributed by atoms with van der Waals surface area (Å²) in [6.45, 7) is 0. The monoisotopic (exact) mass is 360 g/mol. The first kappa shape index (κ1) is 17.8. The molecule has 0 aliphatic heterocycles. The van der Waals surface area contributed by atoms with Crippen LogP contribution in [0.5, 0.6) is 5.75 Å². The molecule has 1 aromatic carbocycles. The molecular weight excluding hydrogens is 336 g/mol. The molecule has 2 aromatic rings. The van der Waals surface area contributed by atoms with Crippen LogP contribution in [0.4, 0.5) is 0 Å². The number of amides is 1. The molecule has 0 unspecified atom stereocenters. The maximum absolute atomic E-state index is 12.3. The first-order valence-corrected chi connectivity index (χ1v) is 9.72. The molecular formula is C18H24N4O2S. The van der Waals surface area contributed by atoms with Crippen molar-refractivity contribution in [3.05, 3.63) is 30.6 Å². The molecule has 1 amide bonds. The van der Waals surface area contributed by atoms with Crippen LogP contribution in [-0.2, 0) is 4.79 Å². The highest BCUT2D eigenvalue weighted by Gasteiger charge is 2.16. The molecule has 1 N–H and O–H groups in total. The van der Waals surface area contributed by atoms with E-state index < -0.39 is 0 Å². The van der Waals surface area contributed by atoms with Crippen molar-refractivity contribution in [3.8, 4) is 11.4 Å². The first-order valence-electron chi connectivity index (χ1n) is 8.73. The smallest absolute Gasteiger partial charge is 0.230 e. The number of hydrogen-bond donors (Lipinski definition) is 1. The van der Waals surface area contributed by atoms with E-state index in [4.69, 9.17) is 4.74 Å². The Labute approximate surface area is 152 Å². The van der Waals surface area contributed by atoms with Crippen LogP contribution in [0.3, 0.4) is 0 Å². The summed E-state index contributed by atoms with van der Waals surface area (Å²) >= 11 is 1.39. The number of ether oxygens (including phenoxy) is 1.